The lowest BCUT2D eigenvalue weighted by molar-refractivity contribution is 0.354. The predicted molar refractivity (Wildman–Crippen MR) is 205 cm³/mol. The van der Waals surface area contributed by atoms with Gasteiger partial charge >= 0.3 is 0 Å². The van der Waals surface area contributed by atoms with Crippen LogP contribution in [0.4, 0.5) is 11.9 Å². The number of benzene rings is 4. The molecule has 0 unspecified atom stereocenters. The van der Waals surface area contributed by atoms with Crippen LogP contribution in [-0.2, 0) is 15.6 Å². The van der Waals surface area contributed by atoms with Gasteiger partial charge in [-0.2, -0.15) is 18.7 Å². The van der Waals surface area contributed by atoms with Gasteiger partial charge < -0.3 is 30.0 Å². The number of anilines is 2. The summed E-state index contributed by atoms with van der Waals surface area (Å²) in [4.78, 5) is 8.53. The van der Waals surface area contributed by atoms with E-state index in [1.165, 1.54) is 55.5 Å². The van der Waals surface area contributed by atoms with Crippen LogP contribution in [0.15, 0.2) is 89.8 Å². The Balaban J connectivity index is 0.000000185. The number of hydrogen-bond acceptors (Lipinski definition) is 14. The first-order valence-electron chi connectivity index (χ1n) is 14.5. The van der Waals surface area contributed by atoms with E-state index in [-0.39, 0.29) is 4.90 Å². The summed E-state index contributed by atoms with van der Waals surface area (Å²) >= 11 is 14.3. The number of nitrogens with two attached hydrogens (primary N) is 1. The molecular weight excluding hydrogens is 779 g/mol. The normalized spacial score (nSPS) is 10.6. The molecule has 51 heavy (non-hydrogen) atoms. The van der Waals surface area contributed by atoms with E-state index in [0.717, 1.165) is 26.7 Å². The number of nitrogens with zero attached hydrogens (tertiary/aromatic N) is 4. The van der Waals surface area contributed by atoms with Gasteiger partial charge in [0.25, 0.3) is 9.05 Å². The lowest BCUT2D eigenvalue weighted by atomic mass is 10.2. The van der Waals surface area contributed by atoms with Crippen molar-refractivity contribution in [2.24, 2.45) is 0 Å². The molecule has 0 saturated carbocycles. The average molecular weight is 810 g/mol. The third kappa shape index (κ3) is 11.6. The fraction of sp³-hybridized carbons (Fsp3) is 0.152. The Labute approximate surface area is 317 Å². The third-order valence-electron chi connectivity index (χ3n) is 6.59. The smallest absolute Gasteiger partial charge is 0.261 e. The van der Waals surface area contributed by atoms with Crippen molar-refractivity contribution >= 4 is 77.9 Å². The predicted octanol–water partition coefficient (Wildman–Crippen LogP) is 8.56. The zero-order chi connectivity index (χ0) is 37.0. The van der Waals surface area contributed by atoms with E-state index in [0.29, 0.717) is 51.5 Å². The molecule has 0 atom stereocenters. The van der Waals surface area contributed by atoms with Gasteiger partial charge in [0.1, 0.15) is 10.0 Å². The molecule has 3 N–H and O–H groups in total. The summed E-state index contributed by atoms with van der Waals surface area (Å²) in [5.41, 5.74) is 8.44. The lowest BCUT2D eigenvalue weighted by Crippen LogP contribution is -2.01. The van der Waals surface area contributed by atoms with Crippen molar-refractivity contribution in [1.82, 2.24) is 18.7 Å². The summed E-state index contributed by atoms with van der Waals surface area (Å²) in [5.74, 6) is 3.10. The third-order valence-corrected chi connectivity index (χ3v) is 9.98. The Kier molecular flexibility index (Phi) is 14.5. The van der Waals surface area contributed by atoms with Gasteiger partial charge in [0.15, 0.2) is 23.0 Å². The topological polar surface area (TPSA) is 161 Å². The van der Waals surface area contributed by atoms with Gasteiger partial charge in [0.2, 0.25) is 11.9 Å². The minimum atomic E-state index is -3.72. The van der Waals surface area contributed by atoms with Gasteiger partial charge in [-0.15, -0.1) is 0 Å². The Morgan fingerprint density at radius 1 is 0.667 bits per heavy atom. The largest absolute Gasteiger partial charge is 0.493 e. The number of nitrogen functional groups attached to an aromatic ring is 1. The lowest BCUT2D eigenvalue weighted by Gasteiger charge is -2.09. The van der Waals surface area contributed by atoms with Gasteiger partial charge in [0.05, 0.1) is 33.3 Å². The van der Waals surface area contributed by atoms with Crippen LogP contribution in [0.2, 0.25) is 10.0 Å². The molecule has 0 aliphatic heterocycles. The zero-order valence-electron chi connectivity index (χ0n) is 27.5. The van der Waals surface area contributed by atoms with Gasteiger partial charge in [-0.3, -0.25) is 0 Å². The summed E-state index contributed by atoms with van der Waals surface area (Å²) in [6, 6.07) is 24.9. The molecule has 18 heteroatoms. The first-order valence-corrected chi connectivity index (χ1v) is 19.1. The number of ether oxygens (including phenoxy) is 4. The fourth-order valence-electron chi connectivity index (χ4n) is 4.09. The van der Waals surface area contributed by atoms with Gasteiger partial charge in [-0.05, 0) is 77.2 Å². The van der Waals surface area contributed by atoms with Crippen molar-refractivity contribution in [2.75, 3.05) is 39.5 Å². The molecule has 0 amide bonds. The van der Waals surface area contributed by atoms with E-state index in [4.69, 9.17) is 58.6 Å². The molecule has 0 bridgehead atoms. The molecule has 0 aliphatic carbocycles. The standard InChI is InChI=1S/C17H16ClN3O2S.C8H6ClN3S.C8H9ClO4S/c1-22-14-8-3-11(9-15(14)23-2)10-19-17-20-16(24-21-17)12-4-6-13(18)7-5-12;9-6-3-1-5(2-4-6)7-11-8(10)12-13-7;1-12-7-4-3-6(14(9,10)11)5-8(7)13-2/h3-9H,10H2,1-2H3,(H,19,21);1-4H,(H2,10,12);3-5H,1-2H3. The van der Waals surface area contributed by atoms with Crippen LogP contribution in [0.25, 0.3) is 21.1 Å². The fourth-order valence-corrected chi connectivity index (χ4v) is 6.35. The highest BCUT2D eigenvalue weighted by Crippen LogP contribution is 2.31. The van der Waals surface area contributed by atoms with E-state index < -0.39 is 9.05 Å². The second-order valence-corrected chi connectivity index (χ2v) is 14.8. The van der Waals surface area contributed by atoms with Crippen molar-refractivity contribution in [3.63, 3.8) is 0 Å². The van der Waals surface area contributed by atoms with Crippen molar-refractivity contribution in [3.8, 4) is 44.1 Å². The van der Waals surface area contributed by atoms with E-state index in [9.17, 15) is 8.42 Å². The number of aromatic nitrogens is 4. The maximum Gasteiger partial charge on any atom is 0.261 e. The second-order valence-electron chi connectivity index (χ2n) is 9.89. The molecule has 0 aliphatic rings. The molecule has 6 aromatic rings. The van der Waals surface area contributed by atoms with Crippen molar-refractivity contribution in [1.29, 1.82) is 0 Å². The number of methoxy groups -OCH3 is 4. The summed E-state index contributed by atoms with van der Waals surface area (Å²) in [6.45, 7) is 0.594. The number of nitrogens with one attached hydrogen (secondary N) is 1. The molecule has 2 aromatic heterocycles. The number of rotatable bonds is 10. The molecule has 6 rings (SSSR count). The molecule has 4 aromatic carbocycles. The van der Waals surface area contributed by atoms with Gasteiger partial charge in [0, 0.05) is 44.5 Å². The van der Waals surface area contributed by atoms with E-state index >= 15 is 0 Å². The first kappa shape index (κ1) is 39.4. The van der Waals surface area contributed by atoms with Crippen LogP contribution in [-0.4, -0.2) is 55.6 Å². The van der Waals surface area contributed by atoms with Crippen molar-refractivity contribution < 1.29 is 27.4 Å². The molecule has 12 nitrogen and oxygen atoms in total. The van der Waals surface area contributed by atoms with Gasteiger partial charge in [-0.1, -0.05) is 53.5 Å². The molecule has 0 saturated heterocycles. The van der Waals surface area contributed by atoms with Crippen LogP contribution in [0.3, 0.4) is 0 Å². The maximum atomic E-state index is 11.0. The maximum absolute atomic E-state index is 11.0. The monoisotopic (exact) mass is 808 g/mol. The van der Waals surface area contributed by atoms with E-state index in [2.05, 4.69) is 24.0 Å². The highest BCUT2D eigenvalue weighted by Gasteiger charge is 2.14. The number of hydrogen-bond donors (Lipinski definition) is 2. The van der Waals surface area contributed by atoms with Crippen LogP contribution in [0.1, 0.15) is 5.56 Å². The van der Waals surface area contributed by atoms with E-state index in [1.807, 2.05) is 66.7 Å². The summed E-state index contributed by atoms with van der Waals surface area (Å²) in [5, 5.41) is 6.29. The van der Waals surface area contributed by atoms with Crippen LogP contribution in [0, 0.1) is 0 Å². The Hall–Kier alpha value is -4.38. The van der Waals surface area contributed by atoms with Crippen LogP contribution < -0.4 is 30.0 Å². The SMILES string of the molecule is COc1ccc(CNc2nsc(-c3ccc(Cl)cc3)n2)cc1OC.COc1ccc(S(=O)(=O)Cl)cc1OC.Nc1nsc(-c2ccc(Cl)cc2)n1. The minimum Gasteiger partial charge on any atom is -0.493 e. The molecule has 0 radical (unpaired) electrons. The molecule has 268 valence electrons. The minimum absolute atomic E-state index is 0.0168. The highest BCUT2D eigenvalue weighted by atomic mass is 35.7. The molecule has 0 fully saturated rings. The number of halogens is 3. The van der Waals surface area contributed by atoms with E-state index in [1.54, 1.807) is 14.2 Å². The van der Waals surface area contributed by atoms with Crippen molar-refractivity contribution in [2.45, 2.75) is 11.4 Å². The second kappa shape index (κ2) is 18.7. The van der Waals surface area contributed by atoms with Gasteiger partial charge in [-0.25, -0.2) is 8.42 Å². The average Bonchev–Trinajstić information content (AvgIpc) is 3.80. The van der Waals surface area contributed by atoms with Crippen LogP contribution in [0.5, 0.6) is 23.0 Å². The summed E-state index contributed by atoms with van der Waals surface area (Å²) < 4.78 is 50.6. The van der Waals surface area contributed by atoms with Crippen molar-refractivity contribution in [3.05, 3.63) is 101 Å². The quantitative estimate of drug-likeness (QED) is 0.127. The summed E-state index contributed by atoms with van der Waals surface area (Å²) in [6.07, 6.45) is 0. The molecular formula is C33H31Cl3N6O6S3. The molecule has 0 spiro atoms. The first-order chi connectivity index (χ1) is 24.4. The Bertz CT molecular complexity index is 2130. The summed E-state index contributed by atoms with van der Waals surface area (Å²) in [7, 11) is 7.56. The highest BCUT2D eigenvalue weighted by molar-refractivity contribution is 8.13. The molecule has 2 heterocycles. The zero-order valence-corrected chi connectivity index (χ0v) is 32.2. The van der Waals surface area contributed by atoms with Crippen LogP contribution >= 0.6 is 56.9 Å². The Morgan fingerprint density at radius 2 is 1.16 bits per heavy atom. The Morgan fingerprint density at radius 3 is 1.65 bits per heavy atom.